The largest absolute Gasteiger partial charge is 0.506 e. The second-order valence-electron chi connectivity index (χ2n) is 9.88. The fourth-order valence-corrected chi connectivity index (χ4v) is 5.10. The summed E-state index contributed by atoms with van der Waals surface area (Å²) in [7, 11) is 1.45. The zero-order valence-corrected chi connectivity index (χ0v) is 21.1. The van der Waals surface area contributed by atoms with Crippen LogP contribution in [0.3, 0.4) is 0 Å². The van der Waals surface area contributed by atoms with Gasteiger partial charge in [0.2, 0.25) is 6.29 Å². The van der Waals surface area contributed by atoms with Gasteiger partial charge in [-0.2, -0.15) is 0 Å². The highest BCUT2D eigenvalue weighted by Crippen LogP contribution is 2.43. The van der Waals surface area contributed by atoms with E-state index in [0.717, 1.165) is 0 Å². The van der Waals surface area contributed by atoms with Crippen molar-refractivity contribution in [2.45, 2.75) is 81.9 Å². The number of Topliss-reactive ketones (excluding diaryl/α,β-unsaturated/α-hetero) is 1. The molecule has 10 heteroatoms. The van der Waals surface area contributed by atoms with Crippen LogP contribution < -0.4 is 15.2 Å². The molecule has 2 aromatic carbocycles. The molecule has 1 fully saturated rings. The smallest absolute Gasteiger partial charge is 0.229 e. The van der Waals surface area contributed by atoms with Crippen molar-refractivity contribution >= 4 is 16.6 Å². The van der Waals surface area contributed by atoms with Crippen molar-refractivity contribution in [2.24, 2.45) is 5.73 Å². The van der Waals surface area contributed by atoms with E-state index in [2.05, 4.69) is 0 Å². The normalized spacial score (nSPS) is 31.9. The Hall–Kier alpha value is -2.73. The van der Waals surface area contributed by atoms with E-state index in [1.54, 1.807) is 25.1 Å². The van der Waals surface area contributed by atoms with Crippen LogP contribution in [0.4, 0.5) is 0 Å². The number of phenols is 1. The molecular formula is C27H35NO9. The molecule has 1 heterocycles. The molecule has 2 aromatic rings. The summed E-state index contributed by atoms with van der Waals surface area (Å²) in [5.74, 6) is -0.106. The van der Waals surface area contributed by atoms with Crippen molar-refractivity contribution in [1.82, 2.24) is 0 Å². The standard InChI is InChI=1S/C27H35NO9/c1-4-5-17(29)19-13(2)10-14-11-16(35-3)12-18(20(14)21(19)30)36-26-24(33)22(31)23(32)25(37-26)27(34)8-6-15(28)7-9-27/h6,8,10-12,15,22-26,30-34H,4-5,7,9,28H2,1-3H3/t15-,22-,23-,24+,25-,26-,27+/m0/s1. The molecule has 0 saturated carbocycles. The molecule has 0 unspecified atom stereocenters. The summed E-state index contributed by atoms with van der Waals surface area (Å²) in [5, 5.41) is 55.0. The average molecular weight is 518 g/mol. The molecule has 0 spiro atoms. The van der Waals surface area contributed by atoms with Crippen molar-refractivity contribution in [3.8, 4) is 17.2 Å². The molecular weight excluding hydrogens is 482 g/mol. The highest BCUT2D eigenvalue weighted by Gasteiger charge is 2.53. The maximum absolute atomic E-state index is 12.8. The molecule has 0 bridgehead atoms. The number of methoxy groups -OCH3 is 1. The van der Waals surface area contributed by atoms with Crippen LogP contribution in [0.5, 0.6) is 17.2 Å². The fourth-order valence-electron chi connectivity index (χ4n) is 5.10. The van der Waals surface area contributed by atoms with Crippen molar-refractivity contribution in [3.63, 3.8) is 0 Å². The van der Waals surface area contributed by atoms with Gasteiger partial charge in [-0.3, -0.25) is 4.79 Å². The van der Waals surface area contributed by atoms with Crippen LogP contribution in [0.25, 0.3) is 10.8 Å². The molecule has 37 heavy (non-hydrogen) atoms. The van der Waals surface area contributed by atoms with Crippen LogP contribution in [-0.2, 0) is 4.74 Å². The fraction of sp³-hybridized carbons (Fsp3) is 0.519. The Kier molecular flexibility index (Phi) is 7.80. The SMILES string of the molecule is CCCC(=O)c1c(C)cc2cc(OC)cc(O[C@H]3O[C@H]([C@@]4(O)C=C[C@H](N)CC4)[C@@H](O)[C@H](O)[C@H]3O)c2c1O. The Morgan fingerprint density at radius 1 is 1.19 bits per heavy atom. The van der Waals surface area contributed by atoms with Gasteiger partial charge < -0.3 is 45.5 Å². The van der Waals surface area contributed by atoms with Crippen molar-refractivity contribution < 1.29 is 44.5 Å². The third-order valence-corrected chi connectivity index (χ3v) is 7.15. The number of ether oxygens (including phenoxy) is 3. The highest BCUT2D eigenvalue weighted by atomic mass is 16.7. The van der Waals surface area contributed by atoms with Gasteiger partial charge in [0.1, 0.15) is 47.3 Å². The minimum atomic E-state index is -1.70. The van der Waals surface area contributed by atoms with E-state index in [4.69, 9.17) is 19.9 Å². The summed E-state index contributed by atoms with van der Waals surface area (Å²) in [4.78, 5) is 12.8. The summed E-state index contributed by atoms with van der Waals surface area (Å²) in [5.41, 5.74) is 4.97. The summed E-state index contributed by atoms with van der Waals surface area (Å²) >= 11 is 0. The Labute approximate surface area is 214 Å². The third kappa shape index (κ3) is 5.05. The molecule has 0 amide bonds. The monoisotopic (exact) mass is 517 g/mol. The number of rotatable bonds is 7. The van der Waals surface area contributed by atoms with Gasteiger partial charge in [0.05, 0.1) is 18.1 Å². The van der Waals surface area contributed by atoms with E-state index >= 15 is 0 Å². The number of aryl methyl sites for hydroxylation is 1. The number of hydrogen-bond donors (Lipinski definition) is 6. The van der Waals surface area contributed by atoms with Crippen molar-refractivity contribution in [2.75, 3.05) is 7.11 Å². The molecule has 1 aliphatic heterocycles. The number of ketones is 1. The van der Waals surface area contributed by atoms with Crippen molar-refractivity contribution in [3.05, 3.63) is 41.5 Å². The highest BCUT2D eigenvalue weighted by molar-refractivity contribution is 6.08. The first-order chi connectivity index (χ1) is 17.5. The van der Waals surface area contributed by atoms with E-state index in [0.29, 0.717) is 29.5 Å². The minimum absolute atomic E-state index is 0.0250. The van der Waals surface area contributed by atoms with Crippen LogP contribution in [0, 0.1) is 6.92 Å². The summed E-state index contributed by atoms with van der Waals surface area (Å²) in [6.07, 6.45) is -3.43. The van der Waals surface area contributed by atoms with Crippen LogP contribution in [0.2, 0.25) is 0 Å². The lowest BCUT2D eigenvalue weighted by atomic mass is 9.79. The lowest BCUT2D eigenvalue weighted by Crippen LogP contribution is -2.65. The quantitative estimate of drug-likeness (QED) is 0.233. The number of phenolic OH excluding ortho intramolecular Hbond substituents is 1. The molecule has 10 nitrogen and oxygen atoms in total. The second-order valence-corrected chi connectivity index (χ2v) is 9.88. The van der Waals surface area contributed by atoms with E-state index < -0.39 is 36.3 Å². The predicted molar refractivity (Wildman–Crippen MR) is 135 cm³/mol. The number of carbonyl (C=O) groups is 1. The minimum Gasteiger partial charge on any atom is -0.506 e. The number of carbonyl (C=O) groups excluding carboxylic acids is 1. The topological polar surface area (TPSA) is 172 Å². The van der Waals surface area contributed by atoms with Crippen LogP contribution in [0.1, 0.15) is 48.5 Å². The Morgan fingerprint density at radius 2 is 1.92 bits per heavy atom. The first-order valence-corrected chi connectivity index (χ1v) is 12.4. The van der Waals surface area contributed by atoms with Crippen LogP contribution >= 0.6 is 0 Å². The van der Waals surface area contributed by atoms with Gasteiger partial charge in [0.25, 0.3) is 0 Å². The number of aliphatic hydroxyl groups excluding tert-OH is 3. The van der Waals surface area contributed by atoms with Crippen LogP contribution in [-0.4, -0.2) is 80.8 Å². The van der Waals surface area contributed by atoms with Gasteiger partial charge in [0.15, 0.2) is 5.78 Å². The molecule has 4 rings (SSSR count). The van der Waals surface area contributed by atoms with E-state index in [9.17, 15) is 30.3 Å². The van der Waals surface area contributed by atoms with E-state index in [-0.39, 0.29) is 47.1 Å². The Balaban J connectivity index is 1.77. The zero-order valence-electron chi connectivity index (χ0n) is 21.1. The maximum Gasteiger partial charge on any atom is 0.229 e. The summed E-state index contributed by atoms with van der Waals surface area (Å²) in [6.45, 7) is 3.59. The Bertz CT molecular complexity index is 1200. The number of aliphatic hydroxyl groups is 4. The molecule has 1 saturated heterocycles. The average Bonchev–Trinajstić information content (AvgIpc) is 2.85. The van der Waals surface area contributed by atoms with Gasteiger partial charge in [-0.05, 0) is 43.2 Å². The molecule has 2 aliphatic rings. The Morgan fingerprint density at radius 3 is 2.54 bits per heavy atom. The first kappa shape index (κ1) is 27.3. The molecule has 0 radical (unpaired) electrons. The van der Waals surface area contributed by atoms with Gasteiger partial charge in [0, 0.05) is 18.5 Å². The lowest BCUT2D eigenvalue weighted by molar-refractivity contribution is -0.299. The lowest BCUT2D eigenvalue weighted by Gasteiger charge is -2.46. The van der Waals surface area contributed by atoms with Gasteiger partial charge in [-0.25, -0.2) is 0 Å². The van der Waals surface area contributed by atoms with Gasteiger partial charge in [-0.15, -0.1) is 0 Å². The van der Waals surface area contributed by atoms with Gasteiger partial charge in [-0.1, -0.05) is 25.1 Å². The predicted octanol–water partition coefficient (Wildman–Crippen LogP) is 1.44. The first-order valence-electron chi connectivity index (χ1n) is 12.4. The van der Waals surface area contributed by atoms with Crippen molar-refractivity contribution in [1.29, 1.82) is 0 Å². The van der Waals surface area contributed by atoms with E-state index in [1.165, 1.54) is 19.3 Å². The molecule has 7 N–H and O–H groups in total. The maximum atomic E-state index is 12.8. The summed E-state index contributed by atoms with van der Waals surface area (Å²) in [6, 6.07) is 4.60. The van der Waals surface area contributed by atoms with Gasteiger partial charge >= 0.3 is 0 Å². The number of nitrogens with two attached hydrogens (primary N) is 1. The zero-order chi connectivity index (χ0) is 27.1. The number of hydrogen-bond acceptors (Lipinski definition) is 10. The second kappa shape index (κ2) is 10.6. The summed E-state index contributed by atoms with van der Waals surface area (Å²) < 4.78 is 17.2. The molecule has 1 aliphatic carbocycles. The molecule has 0 aromatic heterocycles. The molecule has 202 valence electrons. The van der Waals surface area contributed by atoms with Crippen LogP contribution in [0.15, 0.2) is 30.4 Å². The van der Waals surface area contributed by atoms with E-state index in [1.807, 2.05) is 6.92 Å². The number of aromatic hydroxyl groups is 1. The third-order valence-electron chi connectivity index (χ3n) is 7.15. The molecule has 7 atom stereocenters. The number of benzene rings is 2. The number of fused-ring (bicyclic) bond motifs is 1.